The van der Waals surface area contributed by atoms with Crippen LogP contribution in [0.25, 0.3) is 0 Å². The van der Waals surface area contributed by atoms with E-state index < -0.39 is 17.4 Å². The number of hydrogen-bond donors (Lipinski definition) is 0. The van der Waals surface area contributed by atoms with Crippen LogP contribution in [-0.4, -0.2) is 5.78 Å². The van der Waals surface area contributed by atoms with Crippen molar-refractivity contribution in [3.05, 3.63) is 68.2 Å². The Labute approximate surface area is 122 Å². The second-order valence-electron chi connectivity index (χ2n) is 4.04. The number of benzene rings is 2. The van der Waals surface area contributed by atoms with Crippen molar-refractivity contribution in [3.8, 4) is 0 Å². The Morgan fingerprint density at radius 3 is 2.53 bits per heavy atom. The average molecular weight is 346 g/mol. The molecule has 0 unspecified atom stereocenters. The third-order valence-corrected chi connectivity index (χ3v) is 3.90. The number of carbonyl (C=O) groups excluding carboxylic acids is 1. The van der Waals surface area contributed by atoms with Gasteiger partial charge in [-0.15, -0.1) is 0 Å². The minimum absolute atomic E-state index is 0.169. The number of halogens is 4. The molecule has 5 heteroatoms. The average Bonchev–Trinajstić information content (AvgIpc) is 2.38. The molecular formula is C14H8BrClF2O. The molecule has 0 saturated carbocycles. The Hall–Kier alpha value is -1.26. The molecule has 0 spiro atoms. The van der Waals surface area contributed by atoms with Crippen LogP contribution in [-0.2, 0) is 0 Å². The maximum absolute atomic E-state index is 13.9. The molecule has 0 aliphatic rings. The van der Waals surface area contributed by atoms with Crippen LogP contribution < -0.4 is 0 Å². The number of ketones is 1. The van der Waals surface area contributed by atoms with Gasteiger partial charge in [-0.25, -0.2) is 8.78 Å². The normalized spacial score (nSPS) is 10.6. The Morgan fingerprint density at radius 2 is 1.84 bits per heavy atom. The molecule has 2 aromatic carbocycles. The number of aryl methyl sites for hydroxylation is 1. The van der Waals surface area contributed by atoms with E-state index in [2.05, 4.69) is 15.9 Å². The van der Waals surface area contributed by atoms with Crippen molar-refractivity contribution in [2.24, 2.45) is 0 Å². The highest BCUT2D eigenvalue weighted by atomic mass is 79.9. The highest BCUT2D eigenvalue weighted by Gasteiger charge is 2.20. The third-order valence-electron chi connectivity index (χ3n) is 2.65. The van der Waals surface area contributed by atoms with E-state index in [-0.39, 0.29) is 16.1 Å². The lowest BCUT2D eigenvalue weighted by molar-refractivity contribution is 0.103. The maximum atomic E-state index is 13.9. The second kappa shape index (κ2) is 5.39. The molecule has 0 aromatic heterocycles. The molecule has 0 amide bonds. The molecule has 0 bridgehead atoms. The molecule has 2 aromatic rings. The van der Waals surface area contributed by atoms with Crippen LogP contribution in [0.3, 0.4) is 0 Å². The van der Waals surface area contributed by atoms with Gasteiger partial charge in [0.25, 0.3) is 0 Å². The summed E-state index contributed by atoms with van der Waals surface area (Å²) in [5.74, 6) is -2.27. The fourth-order valence-electron chi connectivity index (χ4n) is 1.66. The van der Waals surface area contributed by atoms with Crippen molar-refractivity contribution < 1.29 is 13.6 Å². The van der Waals surface area contributed by atoms with Crippen LogP contribution in [0.4, 0.5) is 8.78 Å². The van der Waals surface area contributed by atoms with E-state index in [0.29, 0.717) is 10.0 Å². The summed E-state index contributed by atoms with van der Waals surface area (Å²) < 4.78 is 27.9. The molecule has 0 heterocycles. The third kappa shape index (κ3) is 2.69. The number of hydrogen-bond acceptors (Lipinski definition) is 1. The molecule has 0 N–H and O–H groups in total. The lowest BCUT2D eigenvalue weighted by Crippen LogP contribution is -2.07. The van der Waals surface area contributed by atoms with E-state index >= 15 is 0 Å². The summed E-state index contributed by atoms with van der Waals surface area (Å²) in [6.07, 6.45) is 0. The lowest BCUT2D eigenvalue weighted by atomic mass is 10.0. The van der Waals surface area contributed by atoms with Gasteiger partial charge in [0.05, 0.1) is 16.1 Å². The Balaban J connectivity index is 2.56. The number of rotatable bonds is 2. The van der Waals surface area contributed by atoms with Gasteiger partial charge in [0.15, 0.2) is 11.6 Å². The molecule has 0 aliphatic carbocycles. The highest BCUT2D eigenvalue weighted by Crippen LogP contribution is 2.29. The zero-order chi connectivity index (χ0) is 14.2. The van der Waals surface area contributed by atoms with Crippen molar-refractivity contribution >= 4 is 33.3 Å². The quantitative estimate of drug-likeness (QED) is 0.558. The van der Waals surface area contributed by atoms with E-state index in [9.17, 15) is 13.6 Å². The number of carbonyl (C=O) groups is 1. The minimum atomic E-state index is -0.859. The Bertz CT molecular complexity index is 671. The largest absolute Gasteiger partial charge is 0.288 e. The van der Waals surface area contributed by atoms with Gasteiger partial charge in [-0.05, 0) is 47.1 Å². The van der Waals surface area contributed by atoms with Crippen LogP contribution in [0.2, 0.25) is 5.02 Å². The fourth-order valence-corrected chi connectivity index (χ4v) is 2.13. The van der Waals surface area contributed by atoms with Gasteiger partial charge in [0, 0.05) is 4.47 Å². The van der Waals surface area contributed by atoms with E-state index in [4.69, 9.17) is 11.6 Å². The fraction of sp³-hybridized carbons (Fsp3) is 0.0714. The lowest BCUT2D eigenvalue weighted by Gasteiger charge is -2.07. The summed E-state index contributed by atoms with van der Waals surface area (Å²) in [7, 11) is 0. The molecule has 98 valence electrons. The summed E-state index contributed by atoms with van der Waals surface area (Å²) in [5, 5.41) is -0.195. The Kier molecular flexibility index (Phi) is 4.02. The topological polar surface area (TPSA) is 17.1 Å². The molecule has 0 saturated heterocycles. The zero-order valence-corrected chi connectivity index (χ0v) is 12.1. The molecule has 0 atom stereocenters. The van der Waals surface area contributed by atoms with Crippen molar-refractivity contribution in [1.29, 1.82) is 0 Å². The van der Waals surface area contributed by atoms with Crippen molar-refractivity contribution in [1.82, 2.24) is 0 Å². The molecule has 0 fully saturated rings. The smallest absolute Gasteiger partial charge is 0.198 e. The van der Waals surface area contributed by atoms with Gasteiger partial charge in [-0.2, -0.15) is 0 Å². The molecule has 0 radical (unpaired) electrons. The molecular weight excluding hydrogens is 338 g/mol. The zero-order valence-electron chi connectivity index (χ0n) is 9.81. The van der Waals surface area contributed by atoms with Crippen molar-refractivity contribution in [2.75, 3.05) is 0 Å². The predicted molar refractivity (Wildman–Crippen MR) is 73.7 cm³/mol. The molecule has 0 aliphatic heterocycles. The minimum Gasteiger partial charge on any atom is -0.288 e. The van der Waals surface area contributed by atoms with Crippen LogP contribution in [0.15, 0.2) is 34.8 Å². The first-order valence-electron chi connectivity index (χ1n) is 5.36. The molecule has 2 rings (SSSR count). The van der Waals surface area contributed by atoms with Crippen LogP contribution in [0, 0.1) is 18.6 Å². The summed E-state index contributed by atoms with van der Waals surface area (Å²) in [4.78, 5) is 12.1. The summed E-state index contributed by atoms with van der Waals surface area (Å²) >= 11 is 8.77. The van der Waals surface area contributed by atoms with Gasteiger partial charge in [0.1, 0.15) is 5.82 Å². The van der Waals surface area contributed by atoms with Crippen molar-refractivity contribution in [2.45, 2.75) is 6.92 Å². The molecule has 19 heavy (non-hydrogen) atoms. The summed E-state index contributed by atoms with van der Waals surface area (Å²) in [5.41, 5.74) is 0.295. The van der Waals surface area contributed by atoms with Gasteiger partial charge in [-0.3, -0.25) is 4.79 Å². The highest BCUT2D eigenvalue weighted by molar-refractivity contribution is 9.10. The van der Waals surface area contributed by atoms with E-state index in [0.717, 1.165) is 0 Å². The van der Waals surface area contributed by atoms with Gasteiger partial charge >= 0.3 is 0 Å². The first kappa shape index (κ1) is 14.2. The van der Waals surface area contributed by atoms with Crippen LogP contribution in [0.1, 0.15) is 21.5 Å². The van der Waals surface area contributed by atoms with E-state index in [1.54, 1.807) is 6.92 Å². The van der Waals surface area contributed by atoms with Crippen molar-refractivity contribution in [3.63, 3.8) is 0 Å². The first-order chi connectivity index (χ1) is 8.91. The SMILES string of the molecule is Cc1ccc(F)c(C(=O)c2ccc(Br)c(Cl)c2F)c1. The maximum Gasteiger partial charge on any atom is 0.198 e. The van der Waals surface area contributed by atoms with Gasteiger partial charge in [-0.1, -0.05) is 23.2 Å². The van der Waals surface area contributed by atoms with Gasteiger partial charge in [0.2, 0.25) is 0 Å². The van der Waals surface area contributed by atoms with E-state index in [1.807, 2.05) is 0 Å². The molecule has 1 nitrogen and oxygen atoms in total. The Morgan fingerprint density at radius 1 is 1.16 bits per heavy atom. The standard InChI is InChI=1S/C14H8BrClF2O/c1-7-2-5-11(17)9(6-7)14(19)8-3-4-10(15)12(16)13(8)18/h2-6H,1H3. The van der Waals surface area contributed by atoms with Crippen LogP contribution >= 0.6 is 27.5 Å². The summed E-state index contributed by atoms with van der Waals surface area (Å²) in [6.45, 7) is 1.72. The van der Waals surface area contributed by atoms with Gasteiger partial charge < -0.3 is 0 Å². The van der Waals surface area contributed by atoms with Crippen LogP contribution in [0.5, 0.6) is 0 Å². The van der Waals surface area contributed by atoms with E-state index in [1.165, 1.54) is 30.3 Å². The summed E-state index contributed by atoms with van der Waals surface area (Å²) in [6, 6.07) is 6.83. The first-order valence-corrected chi connectivity index (χ1v) is 6.53. The second-order valence-corrected chi connectivity index (χ2v) is 5.27. The monoisotopic (exact) mass is 344 g/mol. The predicted octanol–water partition coefficient (Wildman–Crippen LogP) is 4.92.